The van der Waals surface area contributed by atoms with Crippen LogP contribution in [0.25, 0.3) is 0 Å². The fraction of sp³-hybridized carbons (Fsp3) is 0.545. The Morgan fingerprint density at radius 1 is 1.61 bits per heavy atom. The van der Waals surface area contributed by atoms with Crippen LogP contribution in [0.4, 0.5) is 0 Å². The van der Waals surface area contributed by atoms with Gasteiger partial charge in [0.05, 0.1) is 6.54 Å². The van der Waals surface area contributed by atoms with Gasteiger partial charge in [-0.3, -0.25) is 4.79 Å². The van der Waals surface area contributed by atoms with Gasteiger partial charge in [-0.1, -0.05) is 23.2 Å². The maximum Gasteiger partial charge on any atom is 0.276 e. The van der Waals surface area contributed by atoms with Gasteiger partial charge in [0.1, 0.15) is 6.26 Å². The predicted molar refractivity (Wildman–Crippen MR) is 63.2 cm³/mol. The van der Waals surface area contributed by atoms with E-state index in [0.29, 0.717) is 0 Å². The lowest BCUT2D eigenvalue weighted by atomic mass is 10.2. The van der Waals surface area contributed by atoms with Gasteiger partial charge in [-0.25, -0.2) is 0 Å². The minimum Gasteiger partial charge on any atom is -0.409 e. The van der Waals surface area contributed by atoms with Crippen LogP contribution in [0, 0.1) is 0 Å². The molecule has 0 radical (unpaired) electrons. The zero-order chi connectivity index (χ0) is 13.0. The third-order valence-corrected chi connectivity index (χ3v) is 3.14. The summed E-state index contributed by atoms with van der Waals surface area (Å²) in [4.78, 5) is 13.9. The molecule has 1 amide bonds. The molecule has 0 saturated heterocycles. The van der Waals surface area contributed by atoms with Gasteiger partial charge < -0.3 is 20.4 Å². The molecule has 7 heteroatoms. The molecular formula is C11H16N4O3. The van der Waals surface area contributed by atoms with E-state index in [4.69, 9.17) is 10.9 Å². The smallest absolute Gasteiger partial charge is 0.276 e. The number of hydrogen-bond donors (Lipinski definition) is 2. The molecule has 18 heavy (non-hydrogen) atoms. The number of carbonyl (C=O) groups excluding carboxylic acids is 1. The monoisotopic (exact) mass is 252 g/mol. The van der Waals surface area contributed by atoms with E-state index in [1.54, 1.807) is 4.90 Å². The molecule has 2 rings (SSSR count). The average molecular weight is 252 g/mol. The zero-order valence-electron chi connectivity index (χ0n) is 9.95. The van der Waals surface area contributed by atoms with Crippen molar-refractivity contribution >= 4 is 11.7 Å². The van der Waals surface area contributed by atoms with Gasteiger partial charge in [0.2, 0.25) is 0 Å². The normalized spacial score (nSPS) is 17.0. The number of hydrogen-bond acceptors (Lipinski definition) is 5. The van der Waals surface area contributed by atoms with Crippen LogP contribution in [0.15, 0.2) is 22.0 Å². The fourth-order valence-corrected chi connectivity index (χ4v) is 2.26. The van der Waals surface area contributed by atoms with E-state index in [-0.39, 0.29) is 30.0 Å². The first-order valence-corrected chi connectivity index (χ1v) is 5.90. The molecule has 1 aromatic heterocycles. The maximum absolute atomic E-state index is 12.3. The van der Waals surface area contributed by atoms with Gasteiger partial charge in [0.15, 0.2) is 11.5 Å². The second-order valence-electron chi connectivity index (χ2n) is 4.35. The van der Waals surface area contributed by atoms with Gasteiger partial charge in [-0.15, -0.1) is 0 Å². The van der Waals surface area contributed by atoms with Crippen LogP contribution in [-0.2, 0) is 0 Å². The van der Waals surface area contributed by atoms with Crippen molar-refractivity contribution in [3.63, 3.8) is 0 Å². The molecule has 0 aliphatic heterocycles. The number of amidine groups is 1. The SMILES string of the molecule is NC(CN(C(=O)c1ccon1)C1CCCC1)=NO. The Kier molecular flexibility index (Phi) is 3.81. The number of rotatable bonds is 4. The highest BCUT2D eigenvalue weighted by Crippen LogP contribution is 2.24. The molecule has 7 nitrogen and oxygen atoms in total. The second-order valence-corrected chi connectivity index (χ2v) is 4.35. The number of oxime groups is 1. The van der Waals surface area contributed by atoms with Crippen molar-refractivity contribution in [1.82, 2.24) is 10.1 Å². The van der Waals surface area contributed by atoms with Crippen molar-refractivity contribution in [3.05, 3.63) is 18.0 Å². The molecule has 1 fully saturated rings. The van der Waals surface area contributed by atoms with Crippen molar-refractivity contribution in [2.45, 2.75) is 31.7 Å². The van der Waals surface area contributed by atoms with Gasteiger partial charge in [-0.2, -0.15) is 0 Å². The van der Waals surface area contributed by atoms with Crippen LogP contribution in [0.5, 0.6) is 0 Å². The third-order valence-electron chi connectivity index (χ3n) is 3.14. The lowest BCUT2D eigenvalue weighted by Crippen LogP contribution is -2.44. The highest BCUT2D eigenvalue weighted by molar-refractivity contribution is 5.95. The Labute approximate surface area is 104 Å². The first-order valence-electron chi connectivity index (χ1n) is 5.90. The van der Waals surface area contributed by atoms with Crippen molar-refractivity contribution in [1.29, 1.82) is 0 Å². The third kappa shape index (κ3) is 2.61. The molecule has 1 aliphatic rings. The molecule has 1 aliphatic carbocycles. The van der Waals surface area contributed by atoms with E-state index in [2.05, 4.69) is 14.8 Å². The van der Waals surface area contributed by atoms with Crippen molar-refractivity contribution in [2.24, 2.45) is 10.9 Å². The van der Waals surface area contributed by atoms with Crippen molar-refractivity contribution in [2.75, 3.05) is 6.54 Å². The minimum atomic E-state index is -0.248. The Morgan fingerprint density at radius 3 is 2.89 bits per heavy atom. The van der Waals surface area contributed by atoms with Crippen LogP contribution >= 0.6 is 0 Å². The average Bonchev–Trinajstić information content (AvgIpc) is 3.06. The summed E-state index contributed by atoms with van der Waals surface area (Å²) in [7, 11) is 0. The summed E-state index contributed by atoms with van der Waals surface area (Å²) in [5, 5.41) is 15.2. The van der Waals surface area contributed by atoms with E-state index in [0.717, 1.165) is 25.7 Å². The van der Waals surface area contributed by atoms with Gasteiger partial charge in [0, 0.05) is 12.1 Å². The lowest BCUT2D eigenvalue weighted by Gasteiger charge is -2.27. The van der Waals surface area contributed by atoms with Crippen LogP contribution < -0.4 is 5.73 Å². The standard InChI is InChI=1S/C11H16N4O3/c12-10(13-17)7-15(8-3-1-2-4-8)11(16)9-5-6-18-14-9/h5-6,8,17H,1-4,7H2,(H2,12,13). The summed E-state index contributed by atoms with van der Waals surface area (Å²) in [5.74, 6) is -0.235. The van der Waals surface area contributed by atoms with E-state index >= 15 is 0 Å². The molecule has 0 spiro atoms. The highest BCUT2D eigenvalue weighted by atomic mass is 16.5. The van der Waals surface area contributed by atoms with Crippen LogP contribution in [-0.4, -0.2) is 39.6 Å². The topological polar surface area (TPSA) is 105 Å². The Balaban J connectivity index is 2.15. The molecule has 0 aromatic carbocycles. The molecule has 0 atom stereocenters. The van der Waals surface area contributed by atoms with Gasteiger partial charge in [0.25, 0.3) is 5.91 Å². The zero-order valence-corrected chi connectivity index (χ0v) is 9.95. The molecular weight excluding hydrogens is 236 g/mol. The number of nitrogens with zero attached hydrogens (tertiary/aromatic N) is 3. The Hall–Kier alpha value is -2.05. The molecule has 3 N–H and O–H groups in total. The van der Waals surface area contributed by atoms with E-state index in [1.807, 2.05) is 0 Å². The minimum absolute atomic E-state index is 0.0127. The van der Waals surface area contributed by atoms with Crippen molar-refractivity contribution in [3.8, 4) is 0 Å². The summed E-state index contributed by atoms with van der Waals surface area (Å²) in [6.45, 7) is 0.104. The number of amides is 1. The molecule has 1 heterocycles. The summed E-state index contributed by atoms with van der Waals surface area (Å²) in [6.07, 6.45) is 5.39. The molecule has 1 saturated carbocycles. The quantitative estimate of drug-likeness (QED) is 0.357. The molecule has 1 aromatic rings. The highest BCUT2D eigenvalue weighted by Gasteiger charge is 2.29. The summed E-state index contributed by atoms with van der Waals surface area (Å²) in [6, 6.07) is 1.63. The van der Waals surface area contributed by atoms with Gasteiger partial charge in [-0.05, 0) is 12.8 Å². The summed E-state index contributed by atoms with van der Waals surface area (Å²) < 4.78 is 4.67. The van der Waals surface area contributed by atoms with Crippen LogP contribution in [0.2, 0.25) is 0 Å². The van der Waals surface area contributed by atoms with Gasteiger partial charge >= 0.3 is 0 Å². The van der Waals surface area contributed by atoms with Crippen molar-refractivity contribution < 1.29 is 14.5 Å². The molecule has 98 valence electrons. The summed E-state index contributed by atoms with van der Waals surface area (Å²) in [5.41, 5.74) is 5.74. The van der Waals surface area contributed by atoms with Crippen LogP contribution in [0.3, 0.4) is 0 Å². The van der Waals surface area contributed by atoms with E-state index in [1.165, 1.54) is 12.3 Å². The maximum atomic E-state index is 12.3. The number of carbonyl (C=O) groups is 1. The van der Waals surface area contributed by atoms with E-state index < -0.39 is 0 Å². The predicted octanol–water partition coefficient (Wildman–Crippen LogP) is 0.806. The summed E-state index contributed by atoms with van der Waals surface area (Å²) >= 11 is 0. The first-order chi connectivity index (χ1) is 8.72. The molecule has 0 bridgehead atoms. The second kappa shape index (κ2) is 5.52. The lowest BCUT2D eigenvalue weighted by molar-refractivity contribution is 0.0701. The Morgan fingerprint density at radius 2 is 2.33 bits per heavy atom. The Bertz CT molecular complexity index is 424. The van der Waals surface area contributed by atoms with E-state index in [9.17, 15) is 4.79 Å². The molecule has 0 unspecified atom stereocenters. The number of aromatic nitrogens is 1. The number of nitrogens with two attached hydrogens (primary N) is 1. The largest absolute Gasteiger partial charge is 0.409 e. The fourth-order valence-electron chi connectivity index (χ4n) is 2.26. The first kappa shape index (κ1) is 12.4. The van der Waals surface area contributed by atoms with Crippen LogP contribution in [0.1, 0.15) is 36.2 Å².